The van der Waals surface area contributed by atoms with Crippen molar-refractivity contribution in [1.82, 2.24) is 15.6 Å². The van der Waals surface area contributed by atoms with E-state index in [0.29, 0.717) is 6.54 Å². The molecule has 2 aromatic rings. The van der Waals surface area contributed by atoms with E-state index in [1.54, 1.807) is 11.3 Å². The van der Waals surface area contributed by atoms with E-state index in [0.717, 1.165) is 35.4 Å². The number of nitrogens with zero attached hydrogens (tertiary/aromatic N) is 2. The monoisotopic (exact) mass is 500 g/mol. The van der Waals surface area contributed by atoms with E-state index >= 15 is 0 Å². The first kappa shape index (κ1) is 21.9. The second kappa shape index (κ2) is 9.23. The number of rotatable bonds is 4. The van der Waals surface area contributed by atoms with E-state index in [1.807, 2.05) is 26.0 Å². The van der Waals surface area contributed by atoms with Crippen molar-refractivity contribution >= 4 is 41.3 Å². The third-order valence-corrected chi connectivity index (χ3v) is 5.47. The van der Waals surface area contributed by atoms with Crippen molar-refractivity contribution in [2.75, 3.05) is 6.54 Å². The number of hydrogen-bond donors (Lipinski definition) is 2. The van der Waals surface area contributed by atoms with Gasteiger partial charge in [-0.3, -0.25) is 0 Å². The Morgan fingerprint density at radius 3 is 2.74 bits per heavy atom. The van der Waals surface area contributed by atoms with Crippen molar-refractivity contribution in [2.24, 2.45) is 4.99 Å². The van der Waals surface area contributed by atoms with Crippen LogP contribution in [0.4, 0.5) is 0 Å². The van der Waals surface area contributed by atoms with Crippen LogP contribution in [0.1, 0.15) is 54.4 Å². The lowest BCUT2D eigenvalue weighted by Gasteiger charge is -2.38. The topological polar surface area (TPSA) is 58.5 Å². The fourth-order valence-electron chi connectivity index (χ4n) is 3.29. The van der Waals surface area contributed by atoms with E-state index in [1.165, 1.54) is 10.4 Å². The number of hydrogen-bond acceptors (Lipinski definition) is 4. The van der Waals surface area contributed by atoms with Crippen LogP contribution in [-0.2, 0) is 6.54 Å². The standard InChI is InChI=1S/C20H28N4OS.HI/c1-6-21-19(22-12-18-13(2)23-14(3)26-18)24-16-11-20(4,5)25-17-10-8-7-9-15(16)17;/h7-10,16H,6,11-12H2,1-5H3,(H2,21,22,24);1H. The highest BCUT2D eigenvalue weighted by molar-refractivity contribution is 14.0. The molecule has 27 heavy (non-hydrogen) atoms. The van der Waals surface area contributed by atoms with Gasteiger partial charge in [0.25, 0.3) is 0 Å². The summed E-state index contributed by atoms with van der Waals surface area (Å²) < 4.78 is 6.13. The lowest BCUT2D eigenvalue weighted by Crippen LogP contribution is -2.45. The van der Waals surface area contributed by atoms with Crippen LogP contribution in [0.3, 0.4) is 0 Å². The predicted octanol–water partition coefficient (Wildman–Crippen LogP) is 4.74. The van der Waals surface area contributed by atoms with Gasteiger partial charge in [-0.1, -0.05) is 18.2 Å². The summed E-state index contributed by atoms with van der Waals surface area (Å²) in [5.41, 5.74) is 2.04. The zero-order valence-electron chi connectivity index (χ0n) is 16.6. The number of thiazole rings is 1. The zero-order valence-corrected chi connectivity index (χ0v) is 19.8. The minimum absolute atomic E-state index is 0. The molecule has 0 fully saturated rings. The summed E-state index contributed by atoms with van der Waals surface area (Å²) in [6, 6.07) is 8.41. The summed E-state index contributed by atoms with van der Waals surface area (Å²) in [4.78, 5) is 10.5. The van der Waals surface area contributed by atoms with E-state index in [9.17, 15) is 0 Å². The van der Waals surface area contributed by atoms with Crippen molar-refractivity contribution in [3.8, 4) is 5.75 Å². The smallest absolute Gasteiger partial charge is 0.192 e. The van der Waals surface area contributed by atoms with E-state index in [2.05, 4.69) is 48.5 Å². The molecule has 0 bridgehead atoms. The maximum absolute atomic E-state index is 6.13. The fourth-order valence-corrected chi connectivity index (χ4v) is 4.15. The number of aromatic nitrogens is 1. The Labute approximate surface area is 183 Å². The first-order valence-corrected chi connectivity index (χ1v) is 9.95. The number of benzene rings is 1. The molecule has 1 aromatic carbocycles. The molecular weight excluding hydrogens is 471 g/mol. The van der Waals surface area contributed by atoms with E-state index in [4.69, 9.17) is 9.73 Å². The molecule has 3 rings (SSSR count). The molecule has 1 aliphatic rings. The molecule has 0 aliphatic carbocycles. The maximum atomic E-state index is 6.13. The van der Waals surface area contributed by atoms with Gasteiger partial charge in [0, 0.05) is 23.4 Å². The van der Waals surface area contributed by atoms with Crippen molar-refractivity contribution < 1.29 is 4.74 Å². The van der Waals surface area contributed by atoms with Gasteiger partial charge in [-0.15, -0.1) is 35.3 Å². The highest BCUT2D eigenvalue weighted by atomic mass is 127. The summed E-state index contributed by atoms with van der Waals surface area (Å²) in [6.07, 6.45) is 0.882. The number of ether oxygens (including phenoxy) is 1. The number of para-hydroxylation sites is 1. The molecule has 2 heterocycles. The average Bonchev–Trinajstić information content (AvgIpc) is 2.89. The van der Waals surface area contributed by atoms with Crippen LogP contribution in [0.25, 0.3) is 0 Å². The highest BCUT2D eigenvalue weighted by Crippen LogP contribution is 2.39. The summed E-state index contributed by atoms with van der Waals surface area (Å²) in [7, 11) is 0. The fraction of sp³-hybridized carbons (Fsp3) is 0.500. The zero-order chi connectivity index (χ0) is 18.7. The normalized spacial score (nSPS) is 18.1. The third kappa shape index (κ3) is 5.57. The summed E-state index contributed by atoms with van der Waals surface area (Å²) in [5, 5.41) is 8.06. The number of halogens is 1. The minimum Gasteiger partial charge on any atom is -0.487 e. The Bertz CT molecular complexity index is 803. The molecule has 1 aromatic heterocycles. The molecule has 0 radical (unpaired) electrons. The van der Waals surface area contributed by atoms with Crippen LogP contribution in [0.5, 0.6) is 5.75 Å². The molecule has 148 valence electrons. The Hall–Kier alpha value is -1.35. The molecule has 1 unspecified atom stereocenters. The summed E-state index contributed by atoms with van der Waals surface area (Å²) >= 11 is 1.72. The second-order valence-corrected chi connectivity index (χ2v) is 8.53. The second-order valence-electron chi connectivity index (χ2n) is 7.24. The molecule has 5 nitrogen and oxygen atoms in total. The molecule has 0 saturated carbocycles. The number of fused-ring (bicyclic) bond motifs is 1. The van der Waals surface area contributed by atoms with Crippen LogP contribution < -0.4 is 15.4 Å². The summed E-state index contributed by atoms with van der Waals surface area (Å²) in [5.74, 6) is 1.78. The first-order valence-electron chi connectivity index (χ1n) is 9.13. The first-order chi connectivity index (χ1) is 12.4. The average molecular weight is 500 g/mol. The van der Waals surface area contributed by atoms with Gasteiger partial charge in [0.15, 0.2) is 5.96 Å². The number of aliphatic imine (C=N–C) groups is 1. The van der Waals surface area contributed by atoms with Crippen molar-refractivity contribution in [3.63, 3.8) is 0 Å². The van der Waals surface area contributed by atoms with Crippen molar-refractivity contribution in [1.29, 1.82) is 0 Å². The van der Waals surface area contributed by atoms with Crippen LogP contribution in [0, 0.1) is 13.8 Å². The number of nitrogens with one attached hydrogen (secondary N) is 2. The quantitative estimate of drug-likeness (QED) is 0.362. The SMILES string of the molecule is CCNC(=NCc1sc(C)nc1C)NC1CC(C)(C)Oc2ccccc21.I. The van der Waals surface area contributed by atoms with Crippen LogP contribution in [0.2, 0.25) is 0 Å². The summed E-state index contributed by atoms with van der Waals surface area (Å²) in [6.45, 7) is 11.9. The van der Waals surface area contributed by atoms with E-state index < -0.39 is 0 Å². The van der Waals surface area contributed by atoms with Crippen LogP contribution in [0.15, 0.2) is 29.3 Å². The van der Waals surface area contributed by atoms with Gasteiger partial charge in [0.1, 0.15) is 11.4 Å². The predicted molar refractivity (Wildman–Crippen MR) is 123 cm³/mol. The van der Waals surface area contributed by atoms with Crippen LogP contribution >= 0.6 is 35.3 Å². The highest BCUT2D eigenvalue weighted by Gasteiger charge is 2.33. The molecular formula is C20H29IN4OS. The lowest BCUT2D eigenvalue weighted by molar-refractivity contribution is 0.0694. The van der Waals surface area contributed by atoms with Gasteiger partial charge in [-0.2, -0.15) is 0 Å². The largest absolute Gasteiger partial charge is 0.487 e. The molecule has 1 aliphatic heterocycles. The Kier molecular flexibility index (Phi) is 7.50. The minimum atomic E-state index is -0.214. The third-order valence-electron chi connectivity index (χ3n) is 4.41. The van der Waals surface area contributed by atoms with E-state index in [-0.39, 0.29) is 35.6 Å². The van der Waals surface area contributed by atoms with Gasteiger partial charge in [0.05, 0.1) is 23.3 Å². The number of aryl methyl sites for hydroxylation is 2. The molecule has 0 amide bonds. The van der Waals surface area contributed by atoms with Gasteiger partial charge >= 0.3 is 0 Å². The van der Waals surface area contributed by atoms with Crippen molar-refractivity contribution in [3.05, 3.63) is 45.4 Å². The molecule has 0 spiro atoms. The van der Waals surface area contributed by atoms with Gasteiger partial charge in [-0.05, 0) is 40.7 Å². The van der Waals surface area contributed by atoms with Gasteiger partial charge in [0.2, 0.25) is 0 Å². The van der Waals surface area contributed by atoms with Crippen molar-refractivity contribution in [2.45, 2.75) is 59.2 Å². The molecule has 0 saturated heterocycles. The molecule has 7 heteroatoms. The Balaban J connectivity index is 0.00000261. The lowest BCUT2D eigenvalue weighted by atomic mass is 9.90. The molecule has 1 atom stereocenters. The van der Waals surface area contributed by atoms with Crippen LogP contribution in [-0.4, -0.2) is 23.1 Å². The Morgan fingerprint density at radius 2 is 2.07 bits per heavy atom. The molecule has 2 N–H and O–H groups in total. The Morgan fingerprint density at radius 1 is 1.33 bits per heavy atom. The number of guanidine groups is 1. The maximum Gasteiger partial charge on any atom is 0.192 e. The van der Waals surface area contributed by atoms with Gasteiger partial charge in [-0.25, -0.2) is 9.98 Å². The van der Waals surface area contributed by atoms with Gasteiger partial charge < -0.3 is 15.4 Å².